The van der Waals surface area contributed by atoms with E-state index in [-0.39, 0.29) is 21.8 Å². The van der Waals surface area contributed by atoms with E-state index in [1.807, 2.05) is 0 Å². The number of ether oxygens (including phenoxy) is 3. The SMILES string of the molecule is C=C(C)C(=O)OCC[SiH2]CC(OC)OC. The fourth-order valence-electron chi connectivity index (χ4n) is 1.03. The van der Waals surface area contributed by atoms with E-state index in [1.165, 1.54) is 0 Å². The molecule has 0 aromatic rings. The Labute approximate surface area is 93.4 Å². The molecule has 15 heavy (non-hydrogen) atoms. The summed E-state index contributed by atoms with van der Waals surface area (Å²) in [7, 11) is 2.97. The van der Waals surface area contributed by atoms with E-state index in [1.54, 1.807) is 21.1 Å². The highest BCUT2D eigenvalue weighted by atomic mass is 28.2. The van der Waals surface area contributed by atoms with Crippen LogP contribution in [0.1, 0.15) is 6.92 Å². The van der Waals surface area contributed by atoms with Crippen molar-refractivity contribution >= 4 is 15.5 Å². The number of hydrogen-bond acceptors (Lipinski definition) is 4. The van der Waals surface area contributed by atoms with E-state index < -0.39 is 0 Å². The molecule has 0 saturated carbocycles. The largest absolute Gasteiger partial charge is 0.463 e. The third-order valence-electron chi connectivity index (χ3n) is 1.94. The van der Waals surface area contributed by atoms with Crippen LogP contribution in [0.25, 0.3) is 0 Å². The van der Waals surface area contributed by atoms with Gasteiger partial charge in [-0.05, 0) is 19.0 Å². The summed E-state index contributed by atoms with van der Waals surface area (Å²) in [5, 5.41) is 0. The molecule has 0 bridgehead atoms. The zero-order valence-corrected chi connectivity index (χ0v) is 11.2. The number of methoxy groups -OCH3 is 2. The van der Waals surface area contributed by atoms with Gasteiger partial charge >= 0.3 is 5.97 Å². The number of hydrogen-bond donors (Lipinski definition) is 0. The lowest BCUT2D eigenvalue weighted by molar-refractivity contribution is -0.138. The molecule has 0 aliphatic rings. The van der Waals surface area contributed by atoms with Crippen LogP contribution in [-0.2, 0) is 19.0 Å². The Morgan fingerprint density at radius 3 is 2.47 bits per heavy atom. The first-order valence-corrected chi connectivity index (χ1v) is 7.00. The molecule has 0 N–H and O–H groups in total. The summed E-state index contributed by atoms with van der Waals surface area (Å²) in [6, 6.07) is 1.89. The molecular weight excluding hydrogens is 212 g/mol. The molecule has 5 heteroatoms. The van der Waals surface area contributed by atoms with Crippen molar-refractivity contribution in [2.24, 2.45) is 0 Å². The molecule has 88 valence electrons. The van der Waals surface area contributed by atoms with Crippen LogP contribution >= 0.6 is 0 Å². The minimum Gasteiger partial charge on any atom is -0.463 e. The van der Waals surface area contributed by atoms with Gasteiger partial charge in [-0.2, -0.15) is 0 Å². The van der Waals surface area contributed by atoms with Crippen molar-refractivity contribution in [3.05, 3.63) is 12.2 Å². The first kappa shape index (κ1) is 14.3. The Balaban J connectivity index is 3.39. The zero-order chi connectivity index (χ0) is 11.7. The summed E-state index contributed by atoms with van der Waals surface area (Å²) in [6.45, 7) is 5.63. The first-order valence-electron chi connectivity index (χ1n) is 5.00. The lowest BCUT2D eigenvalue weighted by atomic mass is 10.4. The van der Waals surface area contributed by atoms with Gasteiger partial charge in [0.25, 0.3) is 0 Å². The van der Waals surface area contributed by atoms with Gasteiger partial charge in [-0.25, -0.2) is 4.79 Å². The minimum absolute atomic E-state index is 0.103. The van der Waals surface area contributed by atoms with Crippen molar-refractivity contribution in [1.82, 2.24) is 0 Å². The average Bonchev–Trinajstić information content (AvgIpc) is 2.23. The number of carbonyl (C=O) groups excluding carboxylic acids is 1. The quantitative estimate of drug-likeness (QED) is 0.203. The molecule has 0 amide bonds. The molecule has 0 aromatic carbocycles. The second-order valence-electron chi connectivity index (χ2n) is 3.31. The highest BCUT2D eigenvalue weighted by Gasteiger charge is 2.06. The Morgan fingerprint density at radius 2 is 2.00 bits per heavy atom. The maximum Gasteiger partial charge on any atom is 0.333 e. The molecule has 0 spiro atoms. The lowest BCUT2D eigenvalue weighted by Crippen LogP contribution is -2.16. The standard InChI is InChI=1S/C10H20O4Si/c1-8(2)10(11)14-5-6-15-7-9(12-3)13-4/h9H,1,5-7,15H2,2-4H3. The molecule has 4 nitrogen and oxygen atoms in total. The monoisotopic (exact) mass is 232 g/mol. The van der Waals surface area contributed by atoms with Gasteiger partial charge in [0.1, 0.15) is 0 Å². The van der Waals surface area contributed by atoms with Crippen molar-refractivity contribution in [2.75, 3.05) is 20.8 Å². The maximum atomic E-state index is 11.0. The topological polar surface area (TPSA) is 44.8 Å². The van der Waals surface area contributed by atoms with Crippen LogP contribution in [0, 0.1) is 0 Å². The van der Waals surface area contributed by atoms with Gasteiger partial charge in [0.15, 0.2) is 6.29 Å². The van der Waals surface area contributed by atoms with Crippen LogP contribution in [0.5, 0.6) is 0 Å². The van der Waals surface area contributed by atoms with Gasteiger partial charge in [-0.15, -0.1) is 0 Å². The minimum atomic E-state index is -0.306. The average molecular weight is 232 g/mol. The van der Waals surface area contributed by atoms with E-state index in [4.69, 9.17) is 14.2 Å². The summed E-state index contributed by atoms with van der Waals surface area (Å²) in [4.78, 5) is 11.0. The van der Waals surface area contributed by atoms with Crippen LogP contribution in [0.4, 0.5) is 0 Å². The predicted octanol–water partition coefficient (Wildman–Crippen LogP) is 0.730. The van der Waals surface area contributed by atoms with Gasteiger partial charge in [-0.1, -0.05) is 6.58 Å². The predicted molar refractivity (Wildman–Crippen MR) is 61.7 cm³/mol. The van der Waals surface area contributed by atoms with Crippen molar-refractivity contribution in [2.45, 2.75) is 25.3 Å². The van der Waals surface area contributed by atoms with E-state index in [9.17, 15) is 4.79 Å². The molecule has 0 atom stereocenters. The van der Waals surface area contributed by atoms with Crippen LogP contribution in [-0.4, -0.2) is 42.6 Å². The van der Waals surface area contributed by atoms with Crippen molar-refractivity contribution in [1.29, 1.82) is 0 Å². The first-order chi connectivity index (χ1) is 7.11. The smallest absolute Gasteiger partial charge is 0.333 e. The molecule has 0 radical (unpaired) electrons. The zero-order valence-electron chi connectivity index (χ0n) is 9.75. The van der Waals surface area contributed by atoms with Gasteiger partial charge in [-0.3, -0.25) is 0 Å². The summed E-state index contributed by atoms with van der Waals surface area (Å²) < 4.78 is 15.1. The van der Waals surface area contributed by atoms with E-state index in [2.05, 4.69) is 6.58 Å². The Morgan fingerprint density at radius 1 is 1.40 bits per heavy atom. The van der Waals surface area contributed by atoms with Gasteiger partial charge in [0, 0.05) is 29.3 Å². The molecule has 0 saturated heterocycles. The Bertz CT molecular complexity index is 202. The molecular formula is C10H20O4Si. The van der Waals surface area contributed by atoms with E-state index in [0.29, 0.717) is 12.2 Å². The molecule has 0 heterocycles. The fraction of sp³-hybridized carbons (Fsp3) is 0.700. The molecule has 0 aromatic heterocycles. The van der Waals surface area contributed by atoms with Crippen LogP contribution in [0.15, 0.2) is 12.2 Å². The molecule has 0 aliphatic heterocycles. The third-order valence-corrected chi connectivity index (χ3v) is 3.61. The lowest BCUT2D eigenvalue weighted by Gasteiger charge is -2.12. The van der Waals surface area contributed by atoms with Gasteiger partial charge < -0.3 is 14.2 Å². The Kier molecular flexibility index (Phi) is 8.26. The van der Waals surface area contributed by atoms with Crippen LogP contribution in [0.3, 0.4) is 0 Å². The third kappa shape index (κ3) is 7.30. The summed E-state index contributed by atoms with van der Waals surface area (Å²) >= 11 is 0. The second-order valence-corrected chi connectivity index (χ2v) is 5.30. The number of rotatable bonds is 8. The molecule has 0 aliphatic carbocycles. The second kappa shape index (κ2) is 8.64. The molecule has 0 rings (SSSR count). The normalized spacial score (nSPS) is 11.2. The van der Waals surface area contributed by atoms with Gasteiger partial charge in [0.2, 0.25) is 0 Å². The van der Waals surface area contributed by atoms with E-state index in [0.717, 1.165) is 12.1 Å². The number of carbonyl (C=O) groups is 1. The molecule has 0 fully saturated rings. The summed E-state index contributed by atoms with van der Waals surface area (Å²) in [5.41, 5.74) is 0.448. The fourth-order valence-corrected chi connectivity index (χ4v) is 2.47. The highest BCUT2D eigenvalue weighted by molar-refractivity contribution is 6.35. The van der Waals surface area contributed by atoms with Crippen molar-refractivity contribution in [3.8, 4) is 0 Å². The Hall–Kier alpha value is -0.653. The summed E-state index contributed by atoms with van der Waals surface area (Å²) in [5.74, 6) is -0.306. The van der Waals surface area contributed by atoms with E-state index >= 15 is 0 Å². The van der Waals surface area contributed by atoms with Crippen LogP contribution < -0.4 is 0 Å². The van der Waals surface area contributed by atoms with Crippen molar-refractivity contribution in [3.63, 3.8) is 0 Å². The van der Waals surface area contributed by atoms with Crippen molar-refractivity contribution < 1.29 is 19.0 Å². The van der Waals surface area contributed by atoms with Gasteiger partial charge in [0.05, 0.1) is 6.61 Å². The maximum absolute atomic E-state index is 11.0. The number of esters is 1. The highest BCUT2D eigenvalue weighted by Crippen LogP contribution is 2.00. The summed E-state index contributed by atoms with van der Waals surface area (Å²) in [6.07, 6.45) is -0.103. The van der Waals surface area contributed by atoms with Crippen LogP contribution in [0.2, 0.25) is 12.1 Å². The molecule has 0 unspecified atom stereocenters.